The maximum absolute atomic E-state index is 14.2. The van der Waals surface area contributed by atoms with E-state index in [2.05, 4.69) is 120 Å². The lowest BCUT2D eigenvalue weighted by atomic mass is 9.78. The van der Waals surface area contributed by atoms with E-state index in [9.17, 15) is 8.78 Å². The molecule has 3 heterocycles. The van der Waals surface area contributed by atoms with Gasteiger partial charge >= 0.3 is 0 Å². The summed E-state index contributed by atoms with van der Waals surface area (Å²) in [5, 5.41) is 10.7. The van der Waals surface area contributed by atoms with Crippen LogP contribution >= 0.6 is 0 Å². The zero-order valence-corrected chi connectivity index (χ0v) is 35.5. The third kappa shape index (κ3) is 11.4. The average molecular weight is 769 g/mol. The number of piperazine rings is 1. The van der Waals surface area contributed by atoms with Gasteiger partial charge in [0.05, 0.1) is 6.54 Å². The molecule has 1 aromatic heterocycles. The minimum atomic E-state index is -0.534. The van der Waals surface area contributed by atoms with Gasteiger partial charge in [-0.05, 0) is 97.0 Å². The molecule has 2 unspecified atom stereocenters. The fourth-order valence-electron chi connectivity index (χ4n) is 7.62. The zero-order chi connectivity index (χ0) is 40.9. The number of benzene rings is 3. The number of hydrogen-bond acceptors (Lipinski definition) is 7. The molecule has 1 saturated carbocycles. The summed E-state index contributed by atoms with van der Waals surface area (Å²) in [6.45, 7) is 29.0. The Hall–Kier alpha value is -4.73. The molecule has 0 bridgehead atoms. The van der Waals surface area contributed by atoms with E-state index in [0.29, 0.717) is 18.0 Å². The second-order valence-electron chi connectivity index (χ2n) is 15.8. The number of anilines is 3. The van der Waals surface area contributed by atoms with Crippen LogP contribution in [0.3, 0.4) is 0 Å². The number of hydrazone groups is 1. The molecule has 1 saturated heterocycles. The highest BCUT2D eigenvalue weighted by Gasteiger charge is 2.41. The van der Waals surface area contributed by atoms with Crippen molar-refractivity contribution in [1.82, 2.24) is 19.8 Å². The number of nitrogens with zero attached hydrogens (tertiary/aromatic N) is 8. The van der Waals surface area contributed by atoms with Crippen molar-refractivity contribution < 1.29 is 8.78 Å². The summed E-state index contributed by atoms with van der Waals surface area (Å²) in [7, 11) is 0. The molecule has 2 aliphatic heterocycles. The maximum Gasteiger partial charge on any atom is 0.137 e. The highest BCUT2D eigenvalue weighted by molar-refractivity contribution is 5.85. The van der Waals surface area contributed by atoms with Gasteiger partial charge in [0.15, 0.2) is 0 Å². The summed E-state index contributed by atoms with van der Waals surface area (Å²) in [6, 6.07) is 21.7. The largest absolute Gasteiger partial charge is 0.368 e. The predicted octanol–water partition coefficient (Wildman–Crippen LogP) is 10.9. The van der Waals surface area contributed by atoms with Gasteiger partial charge < -0.3 is 9.80 Å². The van der Waals surface area contributed by atoms with Crippen LogP contribution in [0.15, 0.2) is 96.9 Å². The van der Waals surface area contributed by atoms with Crippen molar-refractivity contribution in [2.75, 3.05) is 47.4 Å². The number of halogens is 2. The third-order valence-corrected chi connectivity index (χ3v) is 10.7. The van der Waals surface area contributed by atoms with Gasteiger partial charge in [-0.3, -0.25) is 9.58 Å². The monoisotopic (exact) mass is 769 g/mol. The molecule has 2 fully saturated rings. The van der Waals surface area contributed by atoms with Crippen LogP contribution in [0.25, 0.3) is 0 Å². The normalized spacial score (nSPS) is 19.2. The number of rotatable bonds is 9. The lowest BCUT2D eigenvalue weighted by molar-refractivity contribution is 0.286. The van der Waals surface area contributed by atoms with Crippen molar-refractivity contribution in [3.05, 3.63) is 115 Å². The van der Waals surface area contributed by atoms with Crippen LogP contribution in [-0.2, 0) is 18.4 Å². The van der Waals surface area contributed by atoms with Crippen LogP contribution in [0.2, 0.25) is 0 Å². The first-order valence-electron chi connectivity index (χ1n) is 20.7. The second kappa shape index (κ2) is 20.4. The Morgan fingerprint density at radius 2 is 1.43 bits per heavy atom. The molecular formula is C46H66F2N8. The van der Waals surface area contributed by atoms with Crippen molar-refractivity contribution in [2.24, 2.45) is 16.4 Å². The minimum absolute atomic E-state index is 0.286. The summed E-state index contributed by atoms with van der Waals surface area (Å²) >= 11 is 0. The van der Waals surface area contributed by atoms with E-state index in [4.69, 9.17) is 0 Å². The highest BCUT2D eigenvalue weighted by atomic mass is 19.1. The van der Waals surface area contributed by atoms with Gasteiger partial charge in [0, 0.05) is 61.3 Å². The third-order valence-electron chi connectivity index (χ3n) is 10.7. The van der Waals surface area contributed by atoms with E-state index >= 15 is 0 Å². The molecule has 10 heteroatoms. The molecule has 0 amide bonds. The molecule has 4 aromatic rings. The maximum atomic E-state index is 14.2. The average Bonchev–Trinajstić information content (AvgIpc) is 3.96. The predicted molar refractivity (Wildman–Crippen MR) is 231 cm³/mol. The van der Waals surface area contributed by atoms with E-state index in [-0.39, 0.29) is 10.8 Å². The zero-order valence-electron chi connectivity index (χ0n) is 35.5. The van der Waals surface area contributed by atoms with E-state index in [1.807, 2.05) is 39.0 Å². The first-order valence-corrected chi connectivity index (χ1v) is 20.7. The van der Waals surface area contributed by atoms with Gasteiger partial charge in [-0.2, -0.15) is 10.2 Å². The number of hydrogen-bond donors (Lipinski definition) is 0. The van der Waals surface area contributed by atoms with Gasteiger partial charge in [0.2, 0.25) is 0 Å². The van der Waals surface area contributed by atoms with Crippen LogP contribution in [0.1, 0.15) is 99.1 Å². The Bertz CT molecular complexity index is 1790. The van der Waals surface area contributed by atoms with Crippen molar-refractivity contribution in [1.29, 1.82) is 0 Å². The number of aryl methyl sites for hydroxylation is 1. The molecule has 2 atom stereocenters. The van der Waals surface area contributed by atoms with Crippen molar-refractivity contribution in [2.45, 2.75) is 106 Å². The molecule has 56 heavy (non-hydrogen) atoms. The topological polar surface area (TPSA) is 56.0 Å². The lowest BCUT2D eigenvalue weighted by Crippen LogP contribution is -2.46. The first-order chi connectivity index (χ1) is 26.9. The minimum Gasteiger partial charge on any atom is -0.368 e. The molecule has 7 rings (SSSR count). The van der Waals surface area contributed by atoms with E-state index in [1.165, 1.54) is 29.3 Å². The van der Waals surface area contributed by atoms with Crippen molar-refractivity contribution >= 4 is 23.4 Å². The van der Waals surface area contributed by atoms with Gasteiger partial charge in [0.1, 0.15) is 36.4 Å². The Kier molecular flexibility index (Phi) is 16.1. The first kappa shape index (κ1) is 44.0. The fourth-order valence-corrected chi connectivity index (χ4v) is 7.62. The molecule has 1 aliphatic carbocycles. The van der Waals surface area contributed by atoms with Crippen LogP contribution in [0.5, 0.6) is 0 Å². The summed E-state index contributed by atoms with van der Waals surface area (Å²) in [5.74, 6) is 0.458. The Morgan fingerprint density at radius 3 is 1.93 bits per heavy atom. The molecular weight excluding hydrogens is 703 g/mol. The summed E-state index contributed by atoms with van der Waals surface area (Å²) < 4.78 is 29.1. The van der Waals surface area contributed by atoms with Crippen LogP contribution < -0.4 is 14.7 Å². The van der Waals surface area contributed by atoms with E-state index in [1.54, 1.807) is 17.1 Å². The molecule has 3 aliphatic rings. The van der Waals surface area contributed by atoms with Gasteiger partial charge in [-0.25, -0.2) is 18.8 Å². The highest BCUT2D eigenvalue weighted by Crippen LogP contribution is 2.46. The van der Waals surface area contributed by atoms with Gasteiger partial charge in [-0.15, -0.1) is 0 Å². The number of aromatic nitrogens is 3. The summed E-state index contributed by atoms with van der Waals surface area (Å²) in [6.07, 6.45) is 9.99. The van der Waals surface area contributed by atoms with E-state index in [0.717, 1.165) is 82.4 Å². The SMILES string of the molecule is C=C1N(CCC(C)(C)C)N=CN1c1ccc(N2CCN(c3ccc(CC)cc3)CC2)cc1.CC.CC.CC1CCC(Cn2cncn2)(c2ccc(F)cc2F)C1. The smallest absolute Gasteiger partial charge is 0.137 e. The summed E-state index contributed by atoms with van der Waals surface area (Å²) in [5.41, 5.74) is 5.68. The Labute approximate surface area is 335 Å². The van der Waals surface area contributed by atoms with Gasteiger partial charge in [-0.1, -0.05) is 87.1 Å². The Balaban J connectivity index is 0.000000249. The molecule has 0 N–H and O–H groups in total. The van der Waals surface area contributed by atoms with Crippen LogP contribution in [0.4, 0.5) is 25.8 Å². The molecule has 8 nitrogen and oxygen atoms in total. The van der Waals surface area contributed by atoms with Crippen LogP contribution in [-0.4, -0.2) is 58.8 Å². The fraction of sp³-hybridized carbons (Fsp3) is 0.500. The second-order valence-corrected chi connectivity index (χ2v) is 15.8. The Morgan fingerprint density at radius 1 is 0.839 bits per heavy atom. The molecule has 304 valence electrons. The van der Waals surface area contributed by atoms with Gasteiger partial charge in [0.25, 0.3) is 0 Å². The molecule has 3 aromatic carbocycles. The quantitative estimate of drug-likeness (QED) is 0.169. The van der Waals surface area contributed by atoms with Crippen LogP contribution in [0, 0.1) is 23.0 Å². The van der Waals surface area contributed by atoms with Crippen molar-refractivity contribution in [3.8, 4) is 0 Å². The lowest BCUT2D eigenvalue weighted by Gasteiger charge is -2.37. The molecule has 0 radical (unpaired) electrons. The summed E-state index contributed by atoms with van der Waals surface area (Å²) in [4.78, 5) is 11.0. The standard InChI is InChI=1S/C27H37N5.C15H17F2N3.2C2H6/c1-6-23-7-9-24(10-8-23)29-17-19-30(20-18-29)25-11-13-26(14-12-25)31-21-28-32(22(31)2)16-15-27(3,4)5;1-11-4-5-15(7-11,8-20-10-18-9-19-20)13-3-2-12(16)6-14(13)17;2*1-2/h7-14,21H,2,6,15-20H2,1,3-5H3;2-3,6,9-11H,4-5,7-8H2,1H3;2*1-2H3. The van der Waals surface area contributed by atoms with E-state index < -0.39 is 11.6 Å². The molecule has 0 spiro atoms. The van der Waals surface area contributed by atoms with Crippen molar-refractivity contribution in [3.63, 3.8) is 0 Å².